The van der Waals surface area contributed by atoms with E-state index in [2.05, 4.69) is 10.4 Å². The van der Waals surface area contributed by atoms with Crippen LogP contribution in [0, 0.1) is 0 Å². The fourth-order valence-electron chi connectivity index (χ4n) is 1.06. The van der Waals surface area contributed by atoms with Gasteiger partial charge in [0.15, 0.2) is 5.21 Å². The van der Waals surface area contributed by atoms with E-state index in [0.717, 1.165) is 10.9 Å². The minimum absolute atomic E-state index is 0.283. The Labute approximate surface area is 68.0 Å². The Morgan fingerprint density at radius 2 is 2.64 bits per heavy atom. The summed E-state index contributed by atoms with van der Waals surface area (Å²) in [5.74, 6) is 0.737. The smallest absolute Gasteiger partial charge is 0.317 e. The molecule has 0 fully saturated rings. The van der Waals surface area contributed by atoms with Crippen LogP contribution in [0.5, 0.6) is 0 Å². The summed E-state index contributed by atoms with van der Waals surface area (Å²) in [4.78, 5) is 0. The van der Waals surface area contributed by atoms with Crippen LogP contribution >= 0.6 is 11.8 Å². The van der Waals surface area contributed by atoms with Crippen LogP contribution < -0.4 is 4.68 Å². The Morgan fingerprint density at radius 1 is 1.82 bits per heavy atom. The van der Waals surface area contributed by atoms with Crippen LogP contribution in [-0.2, 0) is 13.6 Å². The zero-order valence-corrected chi connectivity index (χ0v) is 6.95. The second-order valence-electron chi connectivity index (χ2n) is 2.53. The third-order valence-corrected chi connectivity index (χ3v) is 2.85. The van der Waals surface area contributed by atoms with Gasteiger partial charge in [-0.05, 0) is 11.8 Å². The summed E-state index contributed by atoms with van der Waals surface area (Å²) in [6, 6.07) is 0. The van der Waals surface area contributed by atoms with Crippen molar-refractivity contribution in [1.82, 2.24) is 15.1 Å². The van der Waals surface area contributed by atoms with E-state index in [0.29, 0.717) is 6.54 Å². The van der Waals surface area contributed by atoms with Crippen molar-refractivity contribution in [2.75, 3.05) is 5.75 Å². The van der Waals surface area contributed by atoms with Crippen molar-refractivity contribution in [1.29, 1.82) is 0 Å². The van der Waals surface area contributed by atoms with E-state index in [1.54, 1.807) is 21.1 Å². The molecule has 11 heavy (non-hydrogen) atoms. The number of nitrogens with zero attached hydrogens (tertiary/aromatic N) is 4. The molecule has 1 atom stereocenters. The van der Waals surface area contributed by atoms with Gasteiger partial charge < -0.3 is 5.11 Å². The normalized spacial score (nSPS) is 23.3. The Bertz CT molecular complexity index is 273. The van der Waals surface area contributed by atoms with Gasteiger partial charge in [-0.15, -0.1) is 4.68 Å². The van der Waals surface area contributed by atoms with Crippen molar-refractivity contribution in [2.45, 2.75) is 17.8 Å². The highest BCUT2D eigenvalue weighted by Crippen LogP contribution is 2.18. The minimum Gasteiger partial charge on any atom is -0.389 e. The molecule has 0 amide bonds. The Balaban J connectivity index is 2.36. The molecule has 60 valence electrons. The highest BCUT2D eigenvalue weighted by Gasteiger charge is 2.27. The number of hydrogen-bond acceptors (Lipinski definition) is 4. The molecule has 0 radical (unpaired) electrons. The van der Waals surface area contributed by atoms with Crippen molar-refractivity contribution in [3.8, 4) is 0 Å². The van der Waals surface area contributed by atoms with Gasteiger partial charge in [0.25, 0.3) is 0 Å². The number of aryl methyl sites for hydroxylation is 1. The predicted octanol–water partition coefficient (Wildman–Crippen LogP) is -1.43. The first-order valence-electron chi connectivity index (χ1n) is 3.38. The van der Waals surface area contributed by atoms with Crippen molar-refractivity contribution < 1.29 is 9.79 Å². The van der Waals surface area contributed by atoms with Crippen molar-refractivity contribution in [3.05, 3.63) is 0 Å². The number of aliphatic hydroxyl groups excluding tert-OH is 1. The molecular formula is C5H9N4OS+. The number of tetrazole rings is 1. The molecule has 1 aromatic heterocycles. The molecule has 2 rings (SSSR count). The molecule has 0 spiro atoms. The highest BCUT2D eigenvalue weighted by molar-refractivity contribution is 7.99. The number of hydrogen-bond donors (Lipinski definition) is 1. The predicted molar refractivity (Wildman–Crippen MR) is 37.9 cm³/mol. The molecule has 0 unspecified atom stereocenters. The van der Waals surface area contributed by atoms with Crippen LogP contribution in [0.1, 0.15) is 0 Å². The summed E-state index contributed by atoms with van der Waals surface area (Å²) in [6.07, 6.45) is -0.283. The molecule has 0 aliphatic carbocycles. The SMILES string of the molecule is C[n+]1nnn2c1SC[C@H](O)C2. The molecule has 1 N–H and O–H groups in total. The molecule has 0 aromatic carbocycles. The van der Waals surface area contributed by atoms with Crippen LogP contribution in [0.25, 0.3) is 0 Å². The van der Waals surface area contributed by atoms with E-state index in [9.17, 15) is 5.11 Å². The molecule has 6 heteroatoms. The van der Waals surface area contributed by atoms with Crippen LogP contribution in [0.3, 0.4) is 0 Å². The summed E-state index contributed by atoms with van der Waals surface area (Å²) >= 11 is 1.58. The van der Waals surface area contributed by atoms with Gasteiger partial charge in [-0.3, -0.25) is 0 Å². The molecule has 0 bridgehead atoms. The number of fused-ring (bicyclic) bond motifs is 1. The molecule has 0 saturated heterocycles. The summed E-state index contributed by atoms with van der Waals surface area (Å²) in [5, 5.41) is 17.9. The summed E-state index contributed by atoms with van der Waals surface area (Å²) in [5.41, 5.74) is 0. The van der Waals surface area contributed by atoms with Crippen LogP contribution in [-0.4, -0.2) is 32.1 Å². The van der Waals surface area contributed by atoms with E-state index in [1.165, 1.54) is 0 Å². The quantitative estimate of drug-likeness (QED) is 0.489. The van der Waals surface area contributed by atoms with E-state index < -0.39 is 0 Å². The van der Waals surface area contributed by atoms with Gasteiger partial charge in [0.2, 0.25) is 0 Å². The standard InChI is InChI=1S/C5H9N4OS/c1-8-5-9(7-6-8)2-4(10)3-11-5/h4,10H,2-3H2,1H3/q+1/t4-/m1/s1. The fourth-order valence-corrected chi connectivity index (χ4v) is 1.99. The van der Waals surface area contributed by atoms with E-state index in [4.69, 9.17) is 0 Å². The monoisotopic (exact) mass is 173 g/mol. The Kier molecular flexibility index (Phi) is 1.57. The third kappa shape index (κ3) is 1.12. The largest absolute Gasteiger partial charge is 0.389 e. The molecule has 5 nitrogen and oxygen atoms in total. The van der Waals surface area contributed by atoms with Gasteiger partial charge in [-0.2, -0.15) is 0 Å². The fraction of sp³-hybridized carbons (Fsp3) is 0.800. The zero-order valence-electron chi connectivity index (χ0n) is 6.14. The lowest BCUT2D eigenvalue weighted by atomic mass is 10.4. The van der Waals surface area contributed by atoms with E-state index in [-0.39, 0.29) is 6.10 Å². The van der Waals surface area contributed by atoms with Gasteiger partial charge in [-0.25, -0.2) is 0 Å². The molecule has 1 aromatic rings. The average molecular weight is 173 g/mol. The lowest BCUT2D eigenvalue weighted by Crippen LogP contribution is -2.36. The van der Waals surface area contributed by atoms with Gasteiger partial charge in [0.1, 0.15) is 11.8 Å². The van der Waals surface area contributed by atoms with Gasteiger partial charge >= 0.3 is 5.16 Å². The summed E-state index contributed by atoms with van der Waals surface area (Å²) in [6.45, 7) is 0.566. The maximum atomic E-state index is 9.25. The number of aromatic nitrogens is 4. The molecule has 2 heterocycles. The van der Waals surface area contributed by atoms with E-state index in [1.807, 2.05) is 7.05 Å². The molecule has 1 aliphatic heterocycles. The highest BCUT2D eigenvalue weighted by atomic mass is 32.2. The lowest BCUT2D eigenvalue weighted by Gasteiger charge is -2.10. The van der Waals surface area contributed by atoms with Crippen molar-refractivity contribution >= 4 is 11.8 Å². The van der Waals surface area contributed by atoms with Crippen molar-refractivity contribution in [3.63, 3.8) is 0 Å². The second-order valence-corrected chi connectivity index (χ2v) is 3.52. The number of aliphatic hydroxyl groups is 1. The van der Waals surface area contributed by atoms with Crippen LogP contribution in [0.4, 0.5) is 0 Å². The lowest BCUT2D eigenvalue weighted by molar-refractivity contribution is -0.766. The first-order chi connectivity index (χ1) is 5.27. The third-order valence-electron chi connectivity index (χ3n) is 1.57. The maximum Gasteiger partial charge on any atom is 0.317 e. The van der Waals surface area contributed by atoms with Crippen LogP contribution in [0.2, 0.25) is 0 Å². The average Bonchev–Trinajstić information content (AvgIpc) is 2.32. The van der Waals surface area contributed by atoms with Gasteiger partial charge in [0, 0.05) is 5.75 Å². The number of thioether (sulfide) groups is 1. The van der Waals surface area contributed by atoms with Gasteiger partial charge in [-0.1, -0.05) is 4.68 Å². The summed E-state index contributed by atoms with van der Waals surface area (Å²) in [7, 11) is 1.85. The van der Waals surface area contributed by atoms with Gasteiger partial charge in [0.05, 0.1) is 13.2 Å². The summed E-state index contributed by atoms with van der Waals surface area (Å²) < 4.78 is 3.44. The first-order valence-corrected chi connectivity index (χ1v) is 4.36. The Hall–Kier alpha value is -0.620. The topological polar surface area (TPSA) is 54.8 Å². The molecule has 0 saturated carbocycles. The van der Waals surface area contributed by atoms with Crippen LogP contribution in [0.15, 0.2) is 5.16 Å². The number of rotatable bonds is 0. The zero-order chi connectivity index (χ0) is 7.84. The Morgan fingerprint density at radius 3 is 3.45 bits per heavy atom. The minimum atomic E-state index is -0.283. The first kappa shape index (κ1) is 7.05. The molecular weight excluding hydrogens is 164 g/mol. The molecule has 1 aliphatic rings. The maximum absolute atomic E-state index is 9.25. The van der Waals surface area contributed by atoms with E-state index >= 15 is 0 Å². The second kappa shape index (κ2) is 2.46. The van der Waals surface area contributed by atoms with Crippen molar-refractivity contribution in [2.24, 2.45) is 7.05 Å².